The minimum atomic E-state index is 0.469. The van der Waals surface area contributed by atoms with Crippen LogP contribution in [0.1, 0.15) is 30.9 Å². The van der Waals surface area contributed by atoms with Gasteiger partial charge in [-0.25, -0.2) is 4.98 Å². The van der Waals surface area contributed by atoms with Crippen molar-refractivity contribution >= 4 is 0 Å². The Hall–Kier alpha value is -0.910. The maximum absolute atomic E-state index is 5.58. The fourth-order valence-corrected chi connectivity index (χ4v) is 1.68. The molecule has 0 amide bonds. The Morgan fingerprint density at radius 2 is 2.33 bits per heavy atom. The summed E-state index contributed by atoms with van der Waals surface area (Å²) in [6, 6.07) is 0.777. The minimum absolute atomic E-state index is 0.469. The summed E-state index contributed by atoms with van der Waals surface area (Å²) in [5.41, 5.74) is 0. The van der Waals surface area contributed by atoms with Gasteiger partial charge >= 0.3 is 0 Å². The largest absolute Gasteiger partial charge is 0.443 e. The molecule has 0 radical (unpaired) electrons. The number of hydrogen-bond donors (Lipinski definition) is 1. The monoisotopic (exact) mass is 254 g/mol. The maximum atomic E-state index is 5.58. The molecule has 0 bridgehead atoms. The Balaban J connectivity index is 1.56. The lowest BCUT2D eigenvalue weighted by Gasteiger charge is -2.01. The molecule has 1 fully saturated rings. The predicted molar refractivity (Wildman–Crippen MR) is 67.4 cm³/mol. The molecule has 0 saturated heterocycles. The number of nitrogens with zero attached hydrogens (tertiary/aromatic N) is 1. The highest BCUT2D eigenvalue weighted by Gasteiger charge is 2.19. The van der Waals surface area contributed by atoms with Gasteiger partial charge in [-0.05, 0) is 25.8 Å². The van der Waals surface area contributed by atoms with E-state index in [9.17, 15) is 0 Å². The molecule has 18 heavy (non-hydrogen) atoms. The van der Waals surface area contributed by atoms with E-state index in [1.807, 2.05) is 0 Å². The zero-order valence-corrected chi connectivity index (χ0v) is 11.0. The Morgan fingerprint density at radius 1 is 1.44 bits per heavy atom. The van der Waals surface area contributed by atoms with Crippen LogP contribution in [0.25, 0.3) is 0 Å². The van der Waals surface area contributed by atoms with Crippen molar-refractivity contribution in [1.82, 2.24) is 10.3 Å². The highest BCUT2D eigenvalue weighted by atomic mass is 16.5. The van der Waals surface area contributed by atoms with Gasteiger partial charge in [-0.2, -0.15) is 0 Å². The molecule has 1 saturated carbocycles. The fraction of sp³-hybridized carbons (Fsp3) is 0.769. The molecule has 1 aliphatic carbocycles. The molecule has 0 aliphatic heterocycles. The van der Waals surface area contributed by atoms with Crippen LogP contribution < -0.4 is 5.32 Å². The van der Waals surface area contributed by atoms with E-state index in [0.29, 0.717) is 19.8 Å². The van der Waals surface area contributed by atoms with Gasteiger partial charge in [0.25, 0.3) is 0 Å². The first-order chi connectivity index (χ1) is 8.88. The quantitative estimate of drug-likeness (QED) is 0.642. The molecule has 5 nitrogen and oxygen atoms in total. The molecule has 1 aromatic heterocycles. The number of oxazole rings is 1. The van der Waals surface area contributed by atoms with Gasteiger partial charge in [-0.1, -0.05) is 0 Å². The summed E-state index contributed by atoms with van der Waals surface area (Å²) in [4.78, 5) is 4.24. The number of ether oxygens (including phenoxy) is 2. The summed E-state index contributed by atoms with van der Waals surface area (Å²) >= 11 is 0. The number of nitrogens with one attached hydrogen (secondary N) is 1. The second kappa shape index (κ2) is 7.51. The van der Waals surface area contributed by atoms with Gasteiger partial charge in [0.2, 0.25) is 0 Å². The molecular weight excluding hydrogens is 232 g/mol. The van der Waals surface area contributed by atoms with Crippen LogP contribution in [0, 0.1) is 0 Å². The third kappa shape index (κ3) is 5.16. The number of aryl methyl sites for hydroxylation is 1. The van der Waals surface area contributed by atoms with E-state index in [0.717, 1.165) is 37.1 Å². The van der Waals surface area contributed by atoms with Crippen molar-refractivity contribution < 1.29 is 13.9 Å². The van der Waals surface area contributed by atoms with Crippen molar-refractivity contribution in [1.29, 1.82) is 0 Å². The molecule has 0 aromatic carbocycles. The molecule has 0 spiro atoms. The average molecular weight is 254 g/mol. The van der Waals surface area contributed by atoms with Crippen molar-refractivity contribution in [3.8, 4) is 0 Å². The van der Waals surface area contributed by atoms with E-state index in [1.54, 1.807) is 13.3 Å². The summed E-state index contributed by atoms with van der Waals surface area (Å²) in [5, 5.41) is 3.47. The normalized spacial score (nSPS) is 15.2. The molecule has 1 aliphatic rings. The Kier molecular flexibility index (Phi) is 5.64. The first kappa shape index (κ1) is 13.5. The second-order valence-electron chi connectivity index (χ2n) is 4.60. The van der Waals surface area contributed by atoms with Crippen molar-refractivity contribution in [2.24, 2.45) is 0 Å². The zero-order chi connectivity index (χ0) is 12.6. The number of aromatic nitrogens is 1. The van der Waals surface area contributed by atoms with Crippen LogP contribution in [0.3, 0.4) is 0 Å². The standard InChI is InChI=1S/C13H22N2O3/c1-16-7-8-17-10-12-9-15-13(18-12)3-2-6-14-11-4-5-11/h9,11,14H,2-8,10H2,1H3. The lowest BCUT2D eigenvalue weighted by atomic mass is 10.3. The van der Waals surface area contributed by atoms with Crippen LogP contribution in [-0.2, 0) is 22.5 Å². The van der Waals surface area contributed by atoms with Gasteiger partial charge < -0.3 is 19.2 Å². The lowest BCUT2D eigenvalue weighted by Crippen LogP contribution is -2.17. The third-order valence-electron chi connectivity index (χ3n) is 2.86. The second-order valence-corrected chi connectivity index (χ2v) is 4.60. The fourth-order valence-electron chi connectivity index (χ4n) is 1.68. The lowest BCUT2D eigenvalue weighted by molar-refractivity contribution is 0.0534. The smallest absolute Gasteiger partial charge is 0.194 e. The molecule has 0 unspecified atom stereocenters. The molecule has 0 atom stereocenters. The first-order valence-electron chi connectivity index (χ1n) is 6.62. The van der Waals surface area contributed by atoms with E-state index in [1.165, 1.54) is 12.8 Å². The summed E-state index contributed by atoms with van der Waals surface area (Å²) in [6.45, 7) is 2.70. The van der Waals surface area contributed by atoms with Crippen LogP contribution >= 0.6 is 0 Å². The van der Waals surface area contributed by atoms with Crippen LogP contribution in [-0.4, -0.2) is 37.9 Å². The zero-order valence-electron chi connectivity index (χ0n) is 11.0. The highest BCUT2D eigenvalue weighted by Crippen LogP contribution is 2.18. The van der Waals surface area contributed by atoms with Crippen molar-refractivity contribution in [3.05, 3.63) is 17.8 Å². The molecular formula is C13H22N2O3. The Morgan fingerprint density at radius 3 is 3.11 bits per heavy atom. The van der Waals surface area contributed by atoms with Crippen LogP contribution in [0.4, 0.5) is 0 Å². The van der Waals surface area contributed by atoms with Crippen molar-refractivity contribution in [3.63, 3.8) is 0 Å². The SMILES string of the molecule is COCCOCc1cnc(CCCNC2CC2)o1. The maximum Gasteiger partial charge on any atom is 0.194 e. The molecule has 102 valence electrons. The number of hydrogen-bond acceptors (Lipinski definition) is 5. The van der Waals surface area contributed by atoms with E-state index in [4.69, 9.17) is 13.9 Å². The van der Waals surface area contributed by atoms with Gasteiger partial charge in [0.05, 0.1) is 19.4 Å². The average Bonchev–Trinajstić information content (AvgIpc) is 3.10. The molecule has 2 rings (SSSR count). The van der Waals surface area contributed by atoms with E-state index in [-0.39, 0.29) is 0 Å². The van der Waals surface area contributed by atoms with Gasteiger partial charge in [0.1, 0.15) is 12.4 Å². The summed E-state index contributed by atoms with van der Waals surface area (Å²) in [6.07, 6.45) is 6.37. The Labute approximate surface area is 108 Å². The third-order valence-corrected chi connectivity index (χ3v) is 2.86. The van der Waals surface area contributed by atoms with E-state index >= 15 is 0 Å². The molecule has 1 aromatic rings. The van der Waals surface area contributed by atoms with Gasteiger partial charge in [0, 0.05) is 19.6 Å². The molecule has 1 heterocycles. The van der Waals surface area contributed by atoms with E-state index in [2.05, 4.69) is 10.3 Å². The van der Waals surface area contributed by atoms with Gasteiger partial charge in [-0.15, -0.1) is 0 Å². The topological polar surface area (TPSA) is 56.5 Å². The number of methoxy groups -OCH3 is 1. The van der Waals surface area contributed by atoms with Crippen LogP contribution in [0.15, 0.2) is 10.6 Å². The molecule has 1 N–H and O–H groups in total. The van der Waals surface area contributed by atoms with E-state index < -0.39 is 0 Å². The molecule has 5 heteroatoms. The summed E-state index contributed by atoms with van der Waals surface area (Å²) < 4.78 is 15.8. The Bertz CT molecular complexity index is 337. The van der Waals surface area contributed by atoms with Crippen LogP contribution in [0.5, 0.6) is 0 Å². The summed E-state index contributed by atoms with van der Waals surface area (Å²) in [7, 11) is 1.66. The number of rotatable bonds is 10. The predicted octanol–water partition coefficient (Wildman–Crippen LogP) is 1.52. The highest BCUT2D eigenvalue weighted by molar-refractivity contribution is 4.93. The minimum Gasteiger partial charge on any atom is -0.443 e. The summed E-state index contributed by atoms with van der Waals surface area (Å²) in [5.74, 6) is 1.59. The van der Waals surface area contributed by atoms with Gasteiger partial charge in [-0.3, -0.25) is 0 Å². The van der Waals surface area contributed by atoms with Crippen molar-refractivity contribution in [2.75, 3.05) is 26.9 Å². The first-order valence-corrected chi connectivity index (χ1v) is 6.62. The van der Waals surface area contributed by atoms with Crippen molar-refractivity contribution in [2.45, 2.75) is 38.3 Å². The van der Waals surface area contributed by atoms with Crippen LogP contribution in [0.2, 0.25) is 0 Å². The van der Waals surface area contributed by atoms with Gasteiger partial charge in [0.15, 0.2) is 5.89 Å².